The third kappa shape index (κ3) is 4.04. The zero-order valence-electron chi connectivity index (χ0n) is 11.8. The normalized spacial score (nSPS) is 26.3. The van der Waals surface area contributed by atoms with Crippen LogP contribution in [0, 0.1) is 5.92 Å². The summed E-state index contributed by atoms with van der Waals surface area (Å²) in [4.78, 5) is 2.52. The number of halogens is 1. The average Bonchev–Trinajstić information content (AvgIpc) is 2.40. The van der Waals surface area contributed by atoms with Crippen LogP contribution in [0.5, 0.6) is 0 Å². The highest BCUT2D eigenvalue weighted by Gasteiger charge is 2.24. The molecule has 1 N–H and O–H groups in total. The lowest BCUT2D eigenvalue weighted by molar-refractivity contribution is 0.0840. The van der Waals surface area contributed by atoms with Crippen molar-refractivity contribution in [3.63, 3.8) is 0 Å². The van der Waals surface area contributed by atoms with Crippen molar-refractivity contribution in [3.8, 4) is 0 Å². The van der Waals surface area contributed by atoms with Crippen LogP contribution >= 0.6 is 15.9 Å². The minimum atomic E-state index is -0.359. The first kappa shape index (κ1) is 15.0. The van der Waals surface area contributed by atoms with Gasteiger partial charge >= 0.3 is 0 Å². The Hall–Kier alpha value is -0.380. The SMILES string of the molecule is CC1CCCN(CCC(O)c2cccc(Br)c2)C1C. The highest BCUT2D eigenvalue weighted by molar-refractivity contribution is 9.10. The van der Waals surface area contributed by atoms with Gasteiger partial charge in [-0.15, -0.1) is 0 Å². The lowest BCUT2D eigenvalue weighted by Gasteiger charge is -2.38. The molecule has 106 valence electrons. The summed E-state index contributed by atoms with van der Waals surface area (Å²) in [6, 6.07) is 8.62. The molecule has 0 radical (unpaired) electrons. The predicted molar refractivity (Wildman–Crippen MR) is 83.2 cm³/mol. The molecule has 3 unspecified atom stereocenters. The monoisotopic (exact) mass is 325 g/mol. The molecule has 1 aliphatic heterocycles. The number of piperidine rings is 1. The van der Waals surface area contributed by atoms with Gasteiger partial charge < -0.3 is 10.0 Å². The Morgan fingerprint density at radius 2 is 2.21 bits per heavy atom. The standard InChI is InChI=1S/C16H24BrNO/c1-12-5-4-9-18(13(12)2)10-8-16(19)14-6-3-7-15(17)11-14/h3,6-7,11-13,16,19H,4-5,8-10H2,1-2H3. The van der Waals surface area contributed by atoms with Crippen LogP contribution in [0.1, 0.15) is 44.8 Å². The van der Waals surface area contributed by atoms with Gasteiger partial charge in [0.2, 0.25) is 0 Å². The first-order valence-corrected chi connectivity index (χ1v) is 8.05. The maximum Gasteiger partial charge on any atom is 0.0802 e. The van der Waals surface area contributed by atoms with Gasteiger partial charge in [0.05, 0.1) is 6.10 Å². The highest BCUT2D eigenvalue weighted by Crippen LogP contribution is 2.25. The molecule has 2 rings (SSSR count). The molecule has 1 fully saturated rings. The molecule has 1 aromatic rings. The molecule has 3 heteroatoms. The summed E-state index contributed by atoms with van der Waals surface area (Å²) < 4.78 is 1.03. The predicted octanol–water partition coefficient (Wildman–Crippen LogP) is 3.99. The smallest absolute Gasteiger partial charge is 0.0802 e. The van der Waals surface area contributed by atoms with Gasteiger partial charge in [0.1, 0.15) is 0 Å². The fraction of sp³-hybridized carbons (Fsp3) is 0.625. The van der Waals surface area contributed by atoms with Crippen molar-refractivity contribution in [2.45, 2.75) is 45.3 Å². The second kappa shape index (κ2) is 6.87. The van der Waals surface area contributed by atoms with Crippen LogP contribution in [0.15, 0.2) is 28.7 Å². The molecule has 1 aromatic carbocycles. The van der Waals surface area contributed by atoms with E-state index < -0.39 is 0 Å². The molecule has 2 nitrogen and oxygen atoms in total. The topological polar surface area (TPSA) is 23.5 Å². The minimum absolute atomic E-state index is 0.359. The Bertz CT molecular complexity index is 409. The molecule has 3 atom stereocenters. The van der Waals surface area contributed by atoms with Crippen molar-refractivity contribution >= 4 is 15.9 Å². The van der Waals surface area contributed by atoms with Gasteiger partial charge in [-0.1, -0.05) is 35.0 Å². The molecule has 0 aromatic heterocycles. The number of aliphatic hydroxyl groups excluding tert-OH is 1. The number of hydrogen-bond donors (Lipinski definition) is 1. The van der Waals surface area contributed by atoms with Gasteiger partial charge in [0.15, 0.2) is 0 Å². The Kier molecular flexibility index (Phi) is 5.43. The van der Waals surface area contributed by atoms with Gasteiger partial charge in [0, 0.05) is 17.1 Å². The van der Waals surface area contributed by atoms with Crippen molar-refractivity contribution in [2.24, 2.45) is 5.92 Å². The molecular weight excluding hydrogens is 302 g/mol. The molecule has 1 heterocycles. The summed E-state index contributed by atoms with van der Waals surface area (Å²) in [5.74, 6) is 0.775. The van der Waals surface area contributed by atoms with E-state index in [0.29, 0.717) is 6.04 Å². The summed E-state index contributed by atoms with van der Waals surface area (Å²) in [5.41, 5.74) is 1.01. The number of aliphatic hydroxyl groups is 1. The third-order valence-electron chi connectivity index (χ3n) is 4.43. The third-order valence-corrected chi connectivity index (χ3v) is 4.92. The molecule has 0 amide bonds. The van der Waals surface area contributed by atoms with E-state index in [-0.39, 0.29) is 6.10 Å². The molecule has 1 aliphatic rings. The second-order valence-electron chi connectivity index (χ2n) is 5.76. The maximum atomic E-state index is 10.3. The van der Waals surface area contributed by atoms with Gasteiger partial charge in [-0.05, 0) is 56.3 Å². The molecule has 1 saturated heterocycles. The van der Waals surface area contributed by atoms with Gasteiger partial charge in [-0.25, -0.2) is 0 Å². The van der Waals surface area contributed by atoms with Crippen LogP contribution in [0.25, 0.3) is 0 Å². The van der Waals surface area contributed by atoms with Crippen molar-refractivity contribution in [1.82, 2.24) is 4.90 Å². The zero-order chi connectivity index (χ0) is 13.8. The van der Waals surface area contributed by atoms with Crippen molar-refractivity contribution < 1.29 is 5.11 Å². The number of hydrogen-bond acceptors (Lipinski definition) is 2. The van der Waals surface area contributed by atoms with E-state index in [4.69, 9.17) is 0 Å². The Morgan fingerprint density at radius 1 is 1.42 bits per heavy atom. The van der Waals surface area contributed by atoms with Crippen molar-refractivity contribution in [1.29, 1.82) is 0 Å². The van der Waals surface area contributed by atoms with Crippen molar-refractivity contribution in [2.75, 3.05) is 13.1 Å². The highest BCUT2D eigenvalue weighted by atomic mass is 79.9. The van der Waals surface area contributed by atoms with Crippen molar-refractivity contribution in [3.05, 3.63) is 34.3 Å². The number of likely N-dealkylation sites (tertiary alicyclic amines) is 1. The summed E-state index contributed by atoms with van der Waals surface area (Å²) in [6.07, 6.45) is 3.08. The fourth-order valence-electron chi connectivity index (χ4n) is 2.91. The molecular formula is C16H24BrNO. The van der Waals surface area contributed by atoms with E-state index in [9.17, 15) is 5.11 Å². The summed E-state index contributed by atoms with van der Waals surface area (Å²) in [6.45, 7) is 6.81. The maximum absolute atomic E-state index is 10.3. The zero-order valence-corrected chi connectivity index (χ0v) is 13.4. The quantitative estimate of drug-likeness (QED) is 0.904. The first-order chi connectivity index (χ1) is 9.08. The first-order valence-electron chi connectivity index (χ1n) is 7.25. The minimum Gasteiger partial charge on any atom is -0.388 e. The van der Waals surface area contributed by atoms with Crippen LogP contribution in [-0.2, 0) is 0 Å². The Balaban J connectivity index is 1.88. The lowest BCUT2D eigenvalue weighted by atomic mass is 9.91. The van der Waals surface area contributed by atoms with E-state index in [2.05, 4.69) is 34.7 Å². The van der Waals surface area contributed by atoms with E-state index in [1.807, 2.05) is 24.3 Å². The fourth-order valence-corrected chi connectivity index (χ4v) is 3.32. The van der Waals surface area contributed by atoms with Gasteiger partial charge in [-0.3, -0.25) is 0 Å². The largest absolute Gasteiger partial charge is 0.388 e. The molecule has 0 spiro atoms. The van der Waals surface area contributed by atoms with E-state index in [1.54, 1.807) is 0 Å². The van der Waals surface area contributed by atoms with Crippen LogP contribution < -0.4 is 0 Å². The summed E-state index contributed by atoms with van der Waals surface area (Å²) >= 11 is 3.45. The van der Waals surface area contributed by atoms with E-state index >= 15 is 0 Å². The van der Waals surface area contributed by atoms with Crippen LogP contribution in [-0.4, -0.2) is 29.1 Å². The Labute approximate surface area is 124 Å². The number of rotatable bonds is 4. The van der Waals surface area contributed by atoms with Gasteiger partial charge in [-0.2, -0.15) is 0 Å². The summed E-state index contributed by atoms with van der Waals surface area (Å²) in [5, 5.41) is 10.3. The number of nitrogens with zero attached hydrogens (tertiary/aromatic N) is 1. The number of benzene rings is 1. The van der Waals surface area contributed by atoms with Gasteiger partial charge in [0.25, 0.3) is 0 Å². The molecule has 0 saturated carbocycles. The molecule has 19 heavy (non-hydrogen) atoms. The average molecular weight is 326 g/mol. The molecule has 0 aliphatic carbocycles. The lowest BCUT2D eigenvalue weighted by Crippen LogP contribution is -2.43. The molecule has 0 bridgehead atoms. The second-order valence-corrected chi connectivity index (χ2v) is 6.67. The van der Waals surface area contributed by atoms with E-state index in [0.717, 1.165) is 28.9 Å². The van der Waals surface area contributed by atoms with Crippen LogP contribution in [0.2, 0.25) is 0 Å². The van der Waals surface area contributed by atoms with Crippen LogP contribution in [0.3, 0.4) is 0 Å². The Morgan fingerprint density at radius 3 is 2.95 bits per heavy atom. The van der Waals surface area contributed by atoms with E-state index in [1.165, 1.54) is 19.4 Å². The van der Waals surface area contributed by atoms with Crippen LogP contribution in [0.4, 0.5) is 0 Å². The summed E-state index contributed by atoms with van der Waals surface area (Å²) in [7, 11) is 0.